The quantitative estimate of drug-likeness (QED) is 0.651. The first kappa shape index (κ1) is 20.2. The van der Waals surface area contributed by atoms with Crippen molar-refractivity contribution >= 4 is 15.7 Å². The van der Waals surface area contributed by atoms with Gasteiger partial charge < -0.3 is 14.8 Å². The molecule has 0 bridgehead atoms. The lowest BCUT2D eigenvalue weighted by atomic mass is 10.1. The van der Waals surface area contributed by atoms with Gasteiger partial charge in [-0.05, 0) is 54.7 Å². The lowest BCUT2D eigenvalue weighted by molar-refractivity contribution is -0.120. The third-order valence-electron chi connectivity index (χ3n) is 4.76. The average molecular weight is 404 g/mol. The summed E-state index contributed by atoms with van der Waals surface area (Å²) in [6.07, 6.45) is 2.93. The number of carbonyl (C=O) groups excluding carboxylic acids is 1. The summed E-state index contributed by atoms with van der Waals surface area (Å²) >= 11 is 0. The molecule has 0 spiro atoms. The molecule has 2 aromatic carbocycles. The monoisotopic (exact) mass is 403 g/mol. The second-order valence-electron chi connectivity index (χ2n) is 6.73. The molecule has 7 heteroatoms. The van der Waals surface area contributed by atoms with Crippen LogP contribution in [0.4, 0.5) is 0 Å². The van der Waals surface area contributed by atoms with Crippen LogP contribution in [0.25, 0.3) is 0 Å². The maximum atomic E-state index is 12.5. The number of carbonyl (C=O) groups is 1. The predicted octanol–water partition coefficient (Wildman–Crippen LogP) is 2.54. The summed E-state index contributed by atoms with van der Waals surface area (Å²) in [6, 6.07) is 12.5. The van der Waals surface area contributed by atoms with Gasteiger partial charge in [0.15, 0.2) is 9.84 Å². The number of aryl methyl sites for hydroxylation is 2. The van der Waals surface area contributed by atoms with Crippen LogP contribution in [-0.2, 0) is 27.5 Å². The van der Waals surface area contributed by atoms with Gasteiger partial charge in [-0.1, -0.05) is 12.1 Å². The zero-order chi connectivity index (χ0) is 20.0. The largest absolute Gasteiger partial charge is 0.497 e. The zero-order valence-electron chi connectivity index (χ0n) is 15.9. The van der Waals surface area contributed by atoms with E-state index in [0.717, 1.165) is 24.8 Å². The van der Waals surface area contributed by atoms with Crippen LogP contribution in [0.1, 0.15) is 24.0 Å². The SMILES string of the molecule is COc1cccc(OCCNC(=O)CCS(=O)(=O)c2ccc3c(c2)CCC3)c1. The average Bonchev–Trinajstić information content (AvgIpc) is 3.18. The maximum Gasteiger partial charge on any atom is 0.221 e. The van der Waals surface area contributed by atoms with Crippen molar-refractivity contribution in [1.29, 1.82) is 0 Å². The number of sulfone groups is 1. The Morgan fingerprint density at radius 3 is 2.68 bits per heavy atom. The van der Waals surface area contributed by atoms with Gasteiger partial charge in [0.1, 0.15) is 18.1 Å². The third kappa shape index (κ3) is 5.25. The molecule has 0 radical (unpaired) electrons. The Hall–Kier alpha value is -2.54. The predicted molar refractivity (Wildman–Crippen MR) is 107 cm³/mol. The highest BCUT2D eigenvalue weighted by atomic mass is 32.2. The van der Waals surface area contributed by atoms with Gasteiger partial charge in [-0.2, -0.15) is 0 Å². The van der Waals surface area contributed by atoms with E-state index in [2.05, 4.69) is 5.32 Å². The zero-order valence-corrected chi connectivity index (χ0v) is 16.8. The Bertz CT molecular complexity index is 940. The van der Waals surface area contributed by atoms with Gasteiger partial charge in [-0.3, -0.25) is 4.79 Å². The number of nitrogens with one attached hydrogen (secondary N) is 1. The third-order valence-corrected chi connectivity index (χ3v) is 6.47. The maximum absolute atomic E-state index is 12.5. The van der Waals surface area contributed by atoms with Crippen molar-refractivity contribution in [2.24, 2.45) is 0 Å². The number of benzene rings is 2. The highest BCUT2D eigenvalue weighted by molar-refractivity contribution is 7.91. The number of methoxy groups -OCH3 is 1. The molecular weight excluding hydrogens is 378 g/mol. The summed E-state index contributed by atoms with van der Waals surface area (Å²) in [5.74, 6) is 0.832. The van der Waals surface area contributed by atoms with Crippen LogP contribution < -0.4 is 14.8 Å². The smallest absolute Gasteiger partial charge is 0.221 e. The van der Waals surface area contributed by atoms with Gasteiger partial charge >= 0.3 is 0 Å². The molecule has 6 nitrogen and oxygen atoms in total. The summed E-state index contributed by atoms with van der Waals surface area (Å²) in [5.41, 5.74) is 2.34. The van der Waals surface area contributed by atoms with E-state index in [4.69, 9.17) is 9.47 Å². The molecule has 0 aliphatic heterocycles. The minimum Gasteiger partial charge on any atom is -0.497 e. The molecule has 1 N–H and O–H groups in total. The number of fused-ring (bicyclic) bond motifs is 1. The van der Waals surface area contributed by atoms with E-state index in [9.17, 15) is 13.2 Å². The first-order chi connectivity index (χ1) is 13.5. The van der Waals surface area contributed by atoms with Crippen molar-refractivity contribution in [3.8, 4) is 11.5 Å². The lowest BCUT2D eigenvalue weighted by Gasteiger charge is -2.09. The fourth-order valence-corrected chi connectivity index (χ4v) is 4.51. The van der Waals surface area contributed by atoms with E-state index in [-0.39, 0.29) is 24.7 Å². The molecule has 2 aromatic rings. The van der Waals surface area contributed by atoms with Gasteiger partial charge in [0.25, 0.3) is 0 Å². The van der Waals surface area contributed by atoms with E-state index < -0.39 is 9.84 Å². The molecule has 0 saturated carbocycles. The van der Waals surface area contributed by atoms with Crippen molar-refractivity contribution in [2.75, 3.05) is 26.0 Å². The van der Waals surface area contributed by atoms with Crippen molar-refractivity contribution < 1.29 is 22.7 Å². The molecule has 0 aromatic heterocycles. The van der Waals surface area contributed by atoms with E-state index in [0.29, 0.717) is 22.9 Å². The molecule has 1 aliphatic carbocycles. The van der Waals surface area contributed by atoms with Gasteiger partial charge in [-0.15, -0.1) is 0 Å². The molecule has 0 fully saturated rings. The molecule has 0 saturated heterocycles. The second kappa shape index (κ2) is 9.10. The summed E-state index contributed by atoms with van der Waals surface area (Å²) in [6.45, 7) is 0.589. The Morgan fingerprint density at radius 1 is 1.07 bits per heavy atom. The van der Waals surface area contributed by atoms with Crippen molar-refractivity contribution in [3.05, 3.63) is 53.6 Å². The van der Waals surface area contributed by atoms with Crippen LogP contribution in [0.2, 0.25) is 0 Å². The molecule has 1 amide bonds. The van der Waals surface area contributed by atoms with E-state index in [1.807, 2.05) is 18.2 Å². The number of amides is 1. The minimum atomic E-state index is -3.46. The molecule has 0 atom stereocenters. The number of hydrogen-bond donors (Lipinski definition) is 1. The molecule has 3 rings (SSSR count). The highest BCUT2D eigenvalue weighted by Crippen LogP contribution is 2.25. The molecule has 0 heterocycles. The highest BCUT2D eigenvalue weighted by Gasteiger charge is 2.19. The number of ether oxygens (including phenoxy) is 2. The molecule has 1 aliphatic rings. The Balaban J connectivity index is 1.42. The van der Waals surface area contributed by atoms with E-state index in [1.165, 1.54) is 5.56 Å². The molecular formula is C21H25NO5S. The van der Waals surface area contributed by atoms with Gasteiger partial charge in [0, 0.05) is 12.5 Å². The van der Waals surface area contributed by atoms with Crippen LogP contribution in [0.5, 0.6) is 11.5 Å². The van der Waals surface area contributed by atoms with E-state index in [1.54, 1.807) is 31.4 Å². The molecule has 0 unspecified atom stereocenters. The summed E-state index contributed by atoms with van der Waals surface area (Å²) in [5, 5.41) is 2.69. The molecule has 150 valence electrons. The first-order valence-corrected chi connectivity index (χ1v) is 11.0. The van der Waals surface area contributed by atoms with Gasteiger partial charge in [0.05, 0.1) is 24.3 Å². The normalized spacial score (nSPS) is 13.0. The van der Waals surface area contributed by atoms with Crippen molar-refractivity contribution in [2.45, 2.75) is 30.6 Å². The fourth-order valence-electron chi connectivity index (χ4n) is 3.23. The van der Waals surface area contributed by atoms with Gasteiger partial charge in [-0.25, -0.2) is 8.42 Å². The van der Waals surface area contributed by atoms with Gasteiger partial charge in [0.2, 0.25) is 5.91 Å². The van der Waals surface area contributed by atoms with E-state index >= 15 is 0 Å². The summed E-state index contributed by atoms with van der Waals surface area (Å²) < 4.78 is 35.7. The number of hydrogen-bond acceptors (Lipinski definition) is 5. The van der Waals surface area contributed by atoms with Crippen LogP contribution in [0.15, 0.2) is 47.4 Å². The number of rotatable bonds is 9. The Kier molecular flexibility index (Phi) is 6.57. The second-order valence-corrected chi connectivity index (χ2v) is 8.84. The minimum absolute atomic E-state index is 0.0709. The Labute approximate surface area is 165 Å². The van der Waals surface area contributed by atoms with Crippen molar-refractivity contribution in [3.63, 3.8) is 0 Å². The summed E-state index contributed by atoms with van der Waals surface area (Å²) in [7, 11) is -1.88. The molecule has 28 heavy (non-hydrogen) atoms. The first-order valence-electron chi connectivity index (χ1n) is 9.36. The Morgan fingerprint density at radius 2 is 1.86 bits per heavy atom. The topological polar surface area (TPSA) is 81.7 Å². The van der Waals surface area contributed by atoms with Crippen LogP contribution >= 0.6 is 0 Å². The van der Waals surface area contributed by atoms with Crippen LogP contribution in [0, 0.1) is 0 Å². The summed E-state index contributed by atoms with van der Waals surface area (Å²) in [4.78, 5) is 12.3. The lowest BCUT2D eigenvalue weighted by Crippen LogP contribution is -2.29. The standard InChI is InChI=1S/C21H25NO5S/c1-26-18-6-3-7-19(15-18)27-12-11-22-21(23)10-13-28(24,25)20-9-8-16-4-2-5-17(16)14-20/h3,6-9,14-15H,2,4-5,10-13H2,1H3,(H,22,23). The van der Waals surface area contributed by atoms with Crippen LogP contribution in [0.3, 0.4) is 0 Å². The van der Waals surface area contributed by atoms with Crippen molar-refractivity contribution in [1.82, 2.24) is 5.32 Å². The van der Waals surface area contributed by atoms with Crippen LogP contribution in [-0.4, -0.2) is 40.3 Å². The fraction of sp³-hybridized carbons (Fsp3) is 0.381.